The Morgan fingerprint density at radius 1 is 1.44 bits per heavy atom. The molecule has 1 rings (SSSR count). The van der Waals surface area contributed by atoms with Gasteiger partial charge in [-0.15, -0.1) is 0 Å². The molecule has 18 heavy (non-hydrogen) atoms. The molecule has 0 heterocycles. The fraction of sp³-hybridized carbons (Fsp3) is 0.364. The number of carbonyl (C=O) groups excluding carboxylic acids is 1. The van der Waals surface area contributed by atoms with Crippen LogP contribution < -0.4 is 4.72 Å². The highest BCUT2D eigenvalue weighted by Gasteiger charge is 2.11. The first kappa shape index (κ1) is 14.8. The van der Waals surface area contributed by atoms with Gasteiger partial charge in [0.2, 0.25) is 10.0 Å². The molecule has 0 fully saturated rings. The second-order valence-corrected chi connectivity index (χ2v) is 5.89. The summed E-state index contributed by atoms with van der Waals surface area (Å²) < 4.78 is 30.2. The quantitative estimate of drug-likeness (QED) is 0.814. The number of anilines is 1. The first-order valence-electron chi connectivity index (χ1n) is 5.26. The van der Waals surface area contributed by atoms with Gasteiger partial charge >= 0.3 is 5.97 Å². The van der Waals surface area contributed by atoms with Crippen LogP contribution >= 0.6 is 11.6 Å². The molecule has 1 aromatic rings. The van der Waals surface area contributed by atoms with Crippen molar-refractivity contribution in [3.63, 3.8) is 0 Å². The molecule has 0 amide bonds. The molecule has 0 radical (unpaired) electrons. The number of sulfonamides is 1. The molecule has 0 bridgehead atoms. The maximum Gasteiger partial charge on any atom is 0.305 e. The number of hydrogen-bond acceptors (Lipinski definition) is 4. The lowest BCUT2D eigenvalue weighted by Gasteiger charge is -2.07. The SMILES string of the molecule is COC(=O)CCCS(=O)(=O)Nc1cccc(Cl)c1. The summed E-state index contributed by atoms with van der Waals surface area (Å²) in [5.74, 6) is -0.567. The summed E-state index contributed by atoms with van der Waals surface area (Å²) in [5.41, 5.74) is 0.403. The minimum absolute atomic E-state index is 0.0763. The van der Waals surface area contributed by atoms with Gasteiger partial charge in [0.1, 0.15) is 0 Å². The van der Waals surface area contributed by atoms with Crippen molar-refractivity contribution in [3.05, 3.63) is 29.3 Å². The minimum Gasteiger partial charge on any atom is -0.469 e. The average Bonchev–Trinajstić information content (AvgIpc) is 2.27. The highest BCUT2D eigenvalue weighted by atomic mass is 35.5. The Morgan fingerprint density at radius 3 is 2.78 bits per heavy atom. The van der Waals surface area contributed by atoms with E-state index in [4.69, 9.17) is 11.6 Å². The van der Waals surface area contributed by atoms with Crippen molar-refractivity contribution in [3.8, 4) is 0 Å². The Balaban J connectivity index is 2.52. The highest BCUT2D eigenvalue weighted by molar-refractivity contribution is 7.92. The maximum atomic E-state index is 11.7. The number of benzene rings is 1. The lowest BCUT2D eigenvalue weighted by Crippen LogP contribution is -2.17. The summed E-state index contributed by atoms with van der Waals surface area (Å²) in [6.07, 6.45) is 0.287. The zero-order valence-electron chi connectivity index (χ0n) is 9.85. The lowest BCUT2D eigenvalue weighted by atomic mass is 10.3. The Kier molecular flexibility index (Phi) is 5.43. The first-order valence-corrected chi connectivity index (χ1v) is 7.29. The molecule has 0 aromatic heterocycles. The molecule has 1 N–H and O–H groups in total. The number of esters is 1. The molecule has 0 aliphatic heterocycles. The molecule has 1 aromatic carbocycles. The van der Waals surface area contributed by atoms with Crippen LogP contribution in [0.4, 0.5) is 5.69 Å². The van der Waals surface area contributed by atoms with Gasteiger partial charge in [0, 0.05) is 17.1 Å². The molecule has 0 atom stereocenters. The van der Waals surface area contributed by atoms with Gasteiger partial charge in [-0.25, -0.2) is 8.42 Å². The van der Waals surface area contributed by atoms with E-state index < -0.39 is 16.0 Å². The van der Waals surface area contributed by atoms with E-state index in [1.54, 1.807) is 18.2 Å². The first-order chi connectivity index (χ1) is 8.43. The highest BCUT2D eigenvalue weighted by Crippen LogP contribution is 2.16. The second-order valence-electron chi connectivity index (χ2n) is 3.61. The largest absolute Gasteiger partial charge is 0.469 e. The van der Waals surface area contributed by atoms with E-state index in [0.29, 0.717) is 10.7 Å². The van der Waals surface area contributed by atoms with Crippen LogP contribution in [0.2, 0.25) is 5.02 Å². The average molecular weight is 292 g/mol. The van der Waals surface area contributed by atoms with Crippen molar-refractivity contribution in [2.75, 3.05) is 17.6 Å². The molecule has 0 unspecified atom stereocenters. The van der Waals surface area contributed by atoms with Gasteiger partial charge in [0.15, 0.2) is 0 Å². The summed E-state index contributed by atoms with van der Waals surface area (Å²) in [6, 6.07) is 6.41. The molecular formula is C11H14ClNO4S. The number of halogens is 1. The Labute approximate surface area is 111 Å². The molecule has 100 valence electrons. The molecule has 5 nitrogen and oxygen atoms in total. The van der Waals surface area contributed by atoms with Crippen LogP contribution in [-0.4, -0.2) is 27.2 Å². The van der Waals surface area contributed by atoms with Crippen LogP contribution in [0, 0.1) is 0 Å². The predicted octanol–water partition coefficient (Wildman–Crippen LogP) is 2.03. The van der Waals surface area contributed by atoms with E-state index in [-0.39, 0.29) is 18.6 Å². The number of nitrogens with one attached hydrogen (secondary N) is 1. The number of carbonyl (C=O) groups is 1. The van der Waals surface area contributed by atoms with Crippen molar-refractivity contribution in [1.82, 2.24) is 0 Å². The van der Waals surface area contributed by atoms with E-state index >= 15 is 0 Å². The normalized spacial score (nSPS) is 11.0. The van der Waals surface area contributed by atoms with E-state index in [1.807, 2.05) is 0 Å². The van der Waals surface area contributed by atoms with Crippen molar-refractivity contribution in [2.24, 2.45) is 0 Å². The van der Waals surface area contributed by atoms with Crippen molar-refractivity contribution in [1.29, 1.82) is 0 Å². The summed E-state index contributed by atoms with van der Waals surface area (Å²) >= 11 is 5.74. The third-order valence-corrected chi connectivity index (χ3v) is 3.73. The Hall–Kier alpha value is -1.27. The van der Waals surface area contributed by atoms with Crippen LogP contribution in [0.5, 0.6) is 0 Å². The third-order valence-electron chi connectivity index (χ3n) is 2.12. The number of rotatable bonds is 6. The van der Waals surface area contributed by atoms with Gasteiger partial charge in [-0.2, -0.15) is 0 Å². The monoisotopic (exact) mass is 291 g/mol. The standard InChI is InChI=1S/C11H14ClNO4S/c1-17-11(14)6-3-7-18(15,16)13-10-5-2-4-9(12)8-10/h2,4-5,8,13H,3,6-7H2,1H3. The Bertz CT molecular complexity index is 516. The Morgan fingerprint density at radius 2 is 2.17 bits per heavy atom. The molecule has 0 spiro atoms. The zero-order chi connectivity index (χ0) is 13.6. The van der Waals surface area contributed by atoms with Gasteiger partial charge in [-0.05, 0) is 24.6 Å². The van der Waals surface area contributed by atoms with E-state index in [2.05, 4.69) is 9.46 Å². The van der Waals surface area contributed by atoms with E-state index in [1.165, 1.54) is 13.2 Å². The predicted molar refractivity (Wildman–Crippen MR) is 70.1 cm³/mol. The van der Waals surface area contributed by atoms with Gasteiger partial charge in [-0.1, -0.05) is 17.7 Å². The van der Waals surface area contributed by atoms with E-state index in [9.17, 15) is 13.2 Å². The summed E-state index contributed by atoms with van der Waals surface area (Å²) in [7, 11) is -2.21. The molecule has 0 aliphatic carbocycles. The summed E-state index contributed by atoms with van der Waals surface area (Å²) in [6.45, 7) is 0. The third kappa shape index (κ3) is 5.37. The van der Waals surface area contributed by atoms with Crippen LogP contribution in [0.25, 0.3) is 0 Å². The summed E-state index contributed by atoms with van der Waals surface area (Å²) in [4.78, 5) is 10.8. The van der Waals surface area contributed by atoms with Crippen molar-refractivity contribution < 1.29 is 17.9 Å². The number of methoxy groups -OCH3 is 1. The van der Waals surface area contributed by atoms with Gasteiger partial charge in [0.05, 0.1) is 12.9 Å². The smallest absolute Gasteiger partial charge is 0.305 e. The topological polar surface area (TPSA) is 72.5 Å². The summed E-state index contributed by atoms with van der Waals surface area (Å²) in [5, 5.41) is 0.449. The fourth-order valence-electron chi connectivity index (χ4n) is 1.29. The minimum atomic E-state index is -3.47. The van der Waals surface area contributed by atoms with Crippen molar-refractivity contribution >= 4 is 33.3 Å². The molecule has 0 aliphatic rings. The molecule has 0 saturated carbocycles. The fourth-order valence-corrected chi connectivity index (χ4v) is 2.59. The molecule has 7 heteroatoms. The van der Waals surface area contributed by atoms with Crippen LogP contribution in [-0.2, 0) is 19.6 Å². The zero-order valence-corrected chi connectivity index (χ0v) is 11.4. The van der Waals surface area contributed by atoms with Crippen LogP contribution in [0.1, 0.15) is 12.8 Å². The van der Waals surface area contributed by atoms with Crippen LogP contribution in [0.3, 0.4) is 0 Å². The van der Waals surface area contributed by atoms with Crippen molar-refractivity contribution in [2.45, 2.75) is 12.8 Å². The number of hydrogen-bond donors (Lipinski definition) is 1. The lowest BCUT2D eigenvalue weighted by molar-refractivity contribution is -0.140. The van der Waals surface area contributed by atoms with Crippen LogP contribution in [0.15, 0.2) is 24.3 Å². The van der Waals surface area contributed by atoms with E-state index in [0.717, 1.165) is 0 Å². The van der Waals surface area contributed by atoms with Gasteiger partial charge in [-0.3, -0.25) is 9.52 Å². The molecule has 0 saturated heterocycles. The van der Waals surface area contributed by atoms with Gasteiger partial charge in [0.25, 0.3) is 0 Å². The molecular weight excluding hydrogens is 278 g/mol. The van der Waals surface area contributed by atoms with Gasteiger partial charge < -0.3 is 4.74 Å². The maximum absolute atomic E-state index is 11.7. The number of ether oxygens (including phenoxy) is 1. The second kappa shape index (κ2) is 6.61.